The van der Waals surface area contributed by atoms with Crippen molar-refractivity contribution in [1.29, 1.82) is 0 Å². The number of hydrogen-bond donors (Lipinski definition) is 0. The van der Waals surface area contributed by atoms with E-state index in [1.54, 1.807) is 0 Å². The first-order chi connectivity index (χ1) is 13.4. The van der Waals surface area contributed by atoms with Gasteiger partial charge in [0.15, 0.2) is 0 Å². The highest BCUT2D eigenvalue weighted by molar-refractivity contribution is 6.12. The molecule has 1 heterocycles. The Hall–Kier alpha value is -3.46. The minimum atomic E-state index is 0.699. The average Bonchev–Trinajstić information content (AvgIpc) is 3.22. The lowest BCUT2D eigenvalue weighted by atomic mass is 10.0. The maximum Gasteiger partial charge on any atom is 0.0719 e. The first-order valence-electron chi connectivity index (χ1n) is 9.15. The van der Waals surface area contributed by atoms with Crippen molar-refractivity contribution in [1.82, 2.24) is 9.78 Å². The molecule has 0 amide bonds. The second-order valence-corrected chi connectivity index (χ2v) is 6.30. The Morgan fingerprint density at radius 3 is 1.85 bits per heavy atom. The fourth-order valence-corrected chi connectivity index (χ4v) is 3.04. The molecule has 0 atom stereocenters. The molecule has 0 unspecified atom stereocenters. The van der Waals surface area contributed by atoms with Gasteiger partial charge in [-0.05, 0) is 18.2 Å². The lowest BCUT2D eigenvalue weighted by molar-refractivity contribution is 0.822. The van der Waals surface area contributed by atoms with Crippen LogP contribution in [0, 0.1) is 0 Å². The van der Waals surface area contributed by atoms with Crippen molar-refractivity contribution < 1.29 is 0 Å². The van der Waals surface area contributed by atoms with Gasteiger partial charge in [-0.2, -0.15) is 5.10 Å². The van der Waals surface area contributed by atoms with E-state index in [9.17, 15) is 0 Å². The highest BCUT2D eigenvalue weighted by Gasteiger charge is 2.06. The van der Waals surface area contributed by atoms with Gasteiger partial charge in [-0.3, -0.25) is 4.99 Å². The van der Waals surface area contributed by atoms with E-state index in [0.29, 0.717) is 6.54 Å². The van der Waals surface area contributed by atoms with Gasteiger partial charge >= 0.3 is 0 Å². The third kappa shape index (κ3) is 4.21. The van der Waals surface area contributed by atoms with Gasteiger partial charge in [0.25, 0.3) is 0 Å². The van der Waals surface area contributed by atoms with Crippen molar-refractivity contribution in [2.75, 3.05) is 6.54 Å². The van der Waals surface area contributed by atoms with Crippen LogP contribution in [0.2, 0.25) is 0 Å². The zero-order valence-corrected chi connectivity index (χ0v) is 15.1. The standard InChI is InChI=1S/C24H21N3/c1-4-10-20(11-5-1)24(21-12-6-2-7-13-21)25-18-16-22-17-19-27(26-22)23-14-8-3-9-15-23/h1-15,17,19H,16,18H2/i25+1. The molecule has 0 aliphatic rings. The Morgan fingerprint density at radius 1 is 0.704 bits per heavy atom. The van der Waals surface area contributed by atoms with Gasteiger partial charge in [0.2, 0.25) is 0 Å². The molecule has 0 bridgehead atoms. The van der Waals surface area contributed by atoms with Crippen LogP contribution in [0.3, 0.4) is 0 Å². The van der Waals surface area contributed by atoms with Crippen molar-refractivity contribution in [3.8, 4) is 5.69 Å². The lowest BCUT2D eigenvalue weighted by Crippen LogP contribution is -2.05. The van der Waals surface area contributed by atoms with E-state index in [1.807, 2.05) is 41.2 Å². The van der Waals surface area contributed by atoms with Crippen LogP contribution in [0.1, 0.15) is 16.8 Å². The van der Waals surface area contributed by atoms with Crippen LogP contribution >= 0.6 is 0 Å². The molecule has 3 heteroatoms. The van der Waals surface area contributed by atoms with Crippen molar-refractivity contribution in [3.63, 3.8) is 0 Å². The van der Waals surface area contributed by atoms with E-state index in [-0.39, 0.29) is 0 Å². The summed E-state index contributed by atoms with van der Waals surface area (Å²) < 4.78 is 1.91. The molecule has 1 aromatic heterocycles. The topological polar surface area (TPSA) is 30.2 Å². The lowest BCUT2D eigenvalue weighted by Gasteiger charge is -2.07. The molecule has 0 N–H and O–H groups in total. The molecule has 0 aliphatic carbocycles. The van der Waals surface area contributed by atoms with Crippen molar-refractivity contribution >= 4 is 5.71 Å². The molecule has 0 fully saturated rings. The molecule has 0 radical (unpaired) electrons. The summed E-state index contributed by atoms with van der Waals surface area (Å²) in [6.45, 7) is 0.699. The van der Waals surface area contributed by atoms with Crippen LogP contribution in [0.15, 0.2) is 108 Å². The van der Waals surface area contributed by atoms with Crippen LogP contribution in [-0.2, 0) is 6.42 Å². The van der Waals surface area contributed by atoms with Crippen LogP contribution in [-0.4, -0.2) is 22.0 Å². The summed E-state index contributed by atoms with van der Waals surface area (Å²) in [5.74, 6) is 0. The second-order valence-electron chi connectivity index (χ2n) is 6.30. The molecule has 0 aliphatic heterocycles. The van der Waals surface area contributed by atoms with Crippen LogP contribution in [0.25, 0.3) is 5.69 Å². The summed E-state index contributed by atoms with van der Waals surface area (Å²) in [7, 11) is 0. The Kier molecular flexibility index (Phi) is 5.21. The number of hydrogen-bond acceptors (Lipinski definition) is 2. The molecule has 0 saturated heterocycles. The van der Waals surface area contributed by atoms with Gasteiger partial charge in [0.05, 0.1) is 17.1 Å². The highest BCUT2D eigenvalue weighted by Crippen LogP contribution is 2.12. The van der Waals surface area contributed by atoms with Gasteiger partial charge < -0.3 is 0 Å². The van der Waals surface area contributed by atoms with E-state index < -0.39 is 0 Å². The maximum atomic E-state index is 4.91. The van der Waals surface area contributed by atoms with Crippen molar-refractivity contribution in [2.24, 2.45) is 4.99 Å². The second kappa shape index (κ2) is 8.28. The zero-order valence-electron chi connectivity index (χ0n) is 15.1. The third-order valence-electron chi connectivity index (χ3n) is 4.40. The molecular weight excluding hydrogens is 331 g/mol. The summed E-state index contributed by atoms with van der Waals surface area (Å²) in [4.78, 5) is 4.91. The molecule has 0 spiro atoms. The number of nitrogens with zero attached hydrogens (tertiary/aromatic N) is 3. The largest absolute Gasteiger partial charge is 0.284 e. The fourth-order valence-electron chi connectivity index (χ4n) is 3.04. The molecule has 3 nitrogen and oxygen atoms in total. The first-order valence-corrected chi connectivity index (χ1v) is 9.15. The van der Waals surface area contributed by atoms with Crippen LogP contribution in [0.4, 0.5) is 0 Å². The summed E-state index contributed by atoms with van der Waals surface area (Å²) in [6, 6.07) is 32.9. The minimum Gasteiger partial charge on any atom is -0.284 e. The summed E-state index contributed by atoms with van der Waals surface area (Å²) in [5.41, 5.74) is 5.42. The summed E-state index contributed by atoms with van der Waals surface area (Å²) in [6.07, 6.45) is 2.81. The molecule has 3 aromatic carbocycles. The molecule has 27 heavy (non-hydrogen) atoms. The van der Waals surface area contributed by atoms with E-state index in [0.717, 1.165) is 34.6 Å². The Labute approximate surface area is 159 Å². The molecular formula is C24H21N3. The van der Waals surface area contributed by atoms with E-state index in [1.165, 1.54) is 0 Å². The quantitative estimate of drug-likeness (QED) is 0.357. The molecule has 132 valence electrons. The Bertz CT molecular complexity index is 962. The van der Waals surface area contributed by atoms with Gasteiger partial charge in [0, 0.05) is 30.3 Å². The zero-order chi connectivity index (χ0) is 18.3. The first kappa shape index (κ1) is 17.0. The molecule has 4 rings (SSSR count). The normalized spacial score (nSPS) is 10.5. The number of aromatic nitrogens is 2. The summed E-state index contributed by atoms with van der Waals surface area (Å²) >= 11 is 0. The Morgan fingerprint density at radius 2 is 1.26 bits per heavy atom. The monoisotopic (exact) mass is 352 g/mol. The predicted octanol–water partition coefficient (Wildman–Crippen LogP) is 4.95. The Balaban J connectivity index is 1.52. The van der Waals surface area contributed by atoms with Crippen LogP contribution in [0.5, 0.6) is 0 Å². The third-order valence-corrected chi connectivity index (χ3v) is 4.40. The number of aliphatic imine (C=N–C) groups is 1. The number of para-hydroxylation sites is 1. The van der Waals surface area contributed by atoms with Crippen molar-refractivity contribution in [3.05, 3.63) is 120 Å². The number of benzene rings is 3. The average molecular weight is 352 g/mol. The van der Waals surface area contributed by atoms with E-state index in [2.05, 4.69) is 71.8 Å². The van der Waals surface area contributed by atoms with Gasteiger partial charge in [-0.15, -0.1) is 0 Å². The van der Waals surface area contributed by atoms with Crippen LogP contribution < -0.4 is 0 Å². The smallest absolute Gasteiger partial charge is 0.0719 e. The molecule has 0 saturated carbocycles. The molecule has 4 aromatic rings. The SMILES string of the molecule is c1ccc(C(=[15N]CCc2ccn(-c3ccccc3)n2)c2ccccc2)cc1. The number of rotatable bonds is 6. The fraction of sp³-hybridized carbons (Fsp3) is 0.0833. The summed E-state index contributed by atoms with van der Waals surface area (Å²) in [5, 5.41) is 4.67. The van der Waals surface area contributed by atoms with E-state index in [4.69, 9.17) is 4.99 Å². The van der Waals surface area contributed by atoms with Gasteiger partial charge in [-0.25, -0.2) is 4.68 Å². The van der Waals surface area contributed by atoms with E-state index >= 15 is 0 Å². The minimum absolute atomic E-state index is 0.699. The highest BCUT2D eigenvalue weighted by atomic mass is 15.5. The van der Waals surface area contributed by atoms with Gasteiger partial charge in [-0.1, -0.05) is 78.9 Å². The maximum absolute atomic E-state index is 4.91. The van der Waals surface area contributed by atoms with Gasteiger partial charge in [0.1, 0.15) is 0 Å². The van der Waals surface area contributed by atoms with Crippen molar-refractivity contribution in [2.45, 2.75) is 6.42 Å². The predicted molar refractivity (Wildman–Crippen MR) is 111 cm³/mol.